The number of allylic oxidation sites excluding steroid dienone is 1. The summed E-state index contributed by atoms with van der Waals surface area (Å²) in [5.41, 5.74) is 5.47. The van der Waals surface area contributed by atoms with Gasteiger partial charge in [0.1, 0.15) is 22.8 Å². The third-order valence-corrected chi connectivity index (χ3v) is 6.08. The summed E-state index contributed by atoms with van der Waals surface area (Å²) < 4.78 is 22.8. The van der Waals surface area contributed by atoms with E-state index in [4.69, 9.17) is 18.6 Å². The predicted molar refractivity (Wildman–Crippen MR) is 144 cm³/mol. The van der Waals surface area contributed by atoms with Crippen molar-refractivity contribution in [2.75, 3.05) is 26.1 Å². The van der Waals surface area contributed by atoms with Gasteiger partial charge in [0.15, 0.2) is 0 Å². The molecular formula is C29H27N3O5. The Kier molecular flexibility index (Phi) is 6.55. The minimum Gasteiger partial charge on any atom is -0.497 e. The summed E-state index contributed by atoms with van der Waals surface area (Å²) >= 11 is 0. The molecule has 1 amide bonds. The number of aromatic nitrogens is 2. The highest BCUT2D eigenvalue weighted by atomic mass is 16.5. The molecule has 0 aliphatic heterocycles. The van der Waals surface area contributed by atoms with Gasteiger partial charge in [-0.2, -0.15) is 0 Å². The van der Waals surface area contributed by atoms with Crippen LogP contribution in [0.5, 0.6) is 17.2 Å². The van der Waals surface area contributed by atoms with E-state index in [0.717, 1.165) is 38.7 Å². The second-order valence-electron chi connectivity index (χ2n) is 8.41. The van der Waals surface area contributed by atoms with Crippen LogP contribution in [0.25, 0.3) is 38.7 Å². The van der Waals surface area contributed by atoms with Gasteiger partial charge in [0.2, 0.25) is 5.95 Å². The van der Waals surface area contributed by atoms with Crippen molar-refractivity contribution in [1.29, 1.82) is 0 Å². The fraction of sp³-hybridized carbons (Fsp3) is 0.172. The van der Waals surface area contributed by atoms with Gasteiger partial charge in [-0.25, -0.2) is 4.98 Å². The van der Waals surface area contributed by atoms with Crippen molar-refractivity contribution in [1.82, 2.24) is 9.97 Å². The average Bonchev–Trinajstić information content (AvgIpc) is 3.50. The van der Waals surface area contributed by atoms with Gasteiger partial charge >= 0.3 is 0 Å². The van der Waals surface area contributed by atoms with E-state index in [1.165, 1.54) is 6.08 Å². The van der Waals surface area contributed by atoms with E-state index in [1.54, 1.807) is 20.5 Å². The zero-order valence-corrected chi connectivity index (χ0v) is 21.0. The standard InChI is InChI=1S/C29H27N3O5/c1-5-36-26-15-27-21(22(16-37-27)20-13-18(34-3)10-11-25(20)35-4)14-19(26)17(2)12-28(33)32-29-30-23-8-6-7-9-24(23)31-29/h6-16H,5H2,1-4H3,(H2,30,31,32,33)/b17-12+. The molecule has 0 aliphatic carbocycles. The molecule has 0 radical (unpaired) electrons. The summed E-state index contributed by atoms with van der Waals surface area (Å²) in [7, 11) is 3.25. The van der Waals surface area contributed by atoms with Crippen molar-refractivity contribution in [2.24, 2.45) is 0 Å². The fourth-order valence-electron chi connectivity index (χ4n) is 4.31. The van der Waals surface area contributed by atoms with Gasteiger partial charge in [-0.3, -0.25) is 10.1 Å². The number of H-pyrrole nitrogens is 1. The SMILES string of the molecule is CCOc1cc2occ(-c3cc(OC)ccc3OC)c2cc1/C(C)=C/C(=O)Nc1nc2ccccc2[nH]1. The lowest BCUT2D eigenvalue weighted by Crippen LogP contribution is -2.10. The molecule has 8 nitrogen and oxygen atoms in total. The quantitative estimate of drug-likeness (QED) is 0.240. The van der Waals surface area contributed by atoms with Gasteiger partial charge in [0, 0.05) is 34.2 Å². The Morgan fingerprint density at radius 2 is 1.89 bits per heavy atom. The van der Waals surface area contributed by atoms with Crippen LogP contribution >= 0.6 is 0 Å². The molecule has 0 atom stereocenters. The molecule has 5 aromatic rings. The summed E-state index contributed by atoms with van der Waals surface area (Å²) in [5, 5.41) is 3.67. The van der Waals surface area contributed by atoms with E-state index in [1.807, 2.05) is 68.4 Å². The maximum Gasteiger partial charge on any atom is 0.250 e. The molecule has 0 unspecified atom stereocenters. The maximum absolute atomic E-state index is 12.9. The number of hydrogen-bond donors (Lipinski definition) is 2. The molecule has 2 heterocycles. The van der Waals surface area contributed by atoms with E-state index in [2.05, 4.69) is 15.3 Å². The number of carbonyl (C=O) groups is 1. The topological polar surface area (TPSA) is 98.6 Å². The van der Waals surface area contributed by atoms with Crippen molar-refractivity contribution >= 4 is 39.4 Å². The Bertz CT molecular complexity index is 1600. The van der Waals surface area contributed by atoms with Crippen LogP contribution in [-0.2, 0) is 4.79 Å². The number of fused-ring (bicyclic) bond motifs is 2. The van der Waals surface area contributed by atoms with Crippen molar-refractivity contribution in [3.63, 3.8) is 0 Å². The molecule has 8 heteroatoms. The minimum atomic E-state index is -0.305. The number of aromatic amines is 1. The molecule has 0 bridgehead atoms. The molecule has 5 rings (SSSR count). The molecule has 2 aromatic heterocycles. The highest BCUT2D eigenvalue weighted by Gasteiger charge is 2.18. The number of furan rings is 1. The van der Waals surface area contributed by atoms with Crippen molar-refractivity contribution in [3.8, 4) is 28.4 Å². The molecule has 0 aliphatic rings. The van der Waals surface area contributed by atoms with E-state index in [0.29, 0.717) is 35.4 Å². The first-order valence-electron chi connectivity index (χ1n) is 11.9. The summed E-state index contributed by atoms with van der Waals surface area (Å²) in [6, 6.07) is 17.0. The van der Waals surface area contributed by atoms with Gasteiger partial charge in [-0.1, -0.05) is 12.1 Å². The van der Waals surface area contributed by atoms with Gasteiger partial charge in [-0.05, 0) is 55.8 Å². The van der Waals surface area contributed by atoms with Crippen LogP contribution in [0.2, 0.25) is 0 Å². The van der Waals surface area contributed by atoms with Gasteiger partial charge in [0.25, 0.3) is 5.91 Å². The summed E-state index contributed by atoms with van der Waals surface area (Å²) in [4.78, 5) is 20.4. The summed E-state index contributed by atoms with van der Waals surface area (Å²) in [5.74, 6) is 2.10. The molecular weight excluding hydrogens is 470 g/mol. The minimum absolute atomic E-state index is 0.305. The van der Waals surface area contributed by atoms with Crippen LogP contribution < -0.4 is 19.5 Å². The number of rotatable bonds is 8. The first-order chi connectivity index (χ1) is 18.0. The number of amides is 1. The first kappa shape index (κ1) is 24.0. The van der Waals surface area contributed by atoms with Crippen LogP contribution in [0.3, 0.4) is 0 Å². The Labute approximate surface area is 213 Å². The number of para-hydroxylation sites is 2. The average molecular weight is 498 g/mol. The molecule has 0 saturated carbocycles. The number of carbonyl (C=O) groups excluding carboxylic acids is 1. The fourth-order valence-corrected chi connectivity index (χ4v) is 4.31. The van der Waals surface area contributed by atoms with Crippen molar-refractivity contribution in [3.05, 3.63) is 72.5 Å². The zero-order chi connectivity index (χ0) is 25.9. The molecule has 0 saturated heterocycles. The van der Waals surface area contributed by atoms with Crippen LogP contribution in [0.4, 0.5) is 5.95 Å². The van der Waals surface area contributed by atoms with Gasteiger partial charge < -0.3 is 23.6 Å². The lowest BCUT2D eigenvalue weighted by molar-refractivity contribution is -0.111. The Morgan fingerprint density at radius 1 is 1.05 bits per heavy atom. The number of anilines is 1. The van der Waals surface area contributed by atoms with Gasteiger partial charge in [0.05, 0.1) is 38.1 Å². The molecule has 0 fully saturated rings. The lowest BCUT2D eigenvalue weighted by Gasteiger charge is -2.13. The third kappa shape index (κ3) is 4.73. The number of imidazole rings is 1. The Balaban J connectivity index is 1.54. The van der Waals surface area contributed by atoms with Crippen LogP contribution in [0.1, 0.15) is 19.4 Å². The largest absolute Gasteiger partial charge is 0.497 e. The number of ether oxygens (including phenoxy) is 3. The normalized spacial score (nSPS) is 11.6. The summed E-state index contributed by atoms with van der Waals surface area (Å²) in [6.45, 7) is 4.25. The van der Waals surface area contributed by atoms with E-state index in [9.17, 15) is 4.79 Å². The molecule has 3 aromatic carbocycles. The Hall–Kier alpha value is -4.72. The summed E-state index contributed by atoms with van der Waals surface area (Å²) in [6.07, 6.45) is 3.22. The smallest absolute Gasteiger partial charge is 0.250 e. The third-order valence-electron chi connectivity index (χ3n) is 6.08. The van der Waals surface area contributed by atoms with E-state index >= 15 is 0 Å². The van der Waals surface area contributed by atoms with Crippen molar-refractivity contribution in [2.45, 2.75) is 13.8 Å². The molecule has 2 N–H and O–H groups in total. The number of nitrogens with one attached hydrogen (secondary N) is 2. The van der Waals surface area contributed by atoms with Crippen LogP contribution in [0.15, 0.2) is 71.4 Å². The second kappa shape index (κ2) is 10.1. The zero-order valence-electron chi connectivity index (χ0n) is 21.0. The molecule has 188 valence electrons. The number of hydrogen-bond acceptors (Lipinski definition) is 6. The molecule has 0 spiro atoms. The highest BCUT2D eigenvalue weighted by Crippen LogP contribution is 2.41. The van der Waals surface area contributed by atoms with E-state index in [-0.39, 0.29) is 5.91 Å². The number of nitrogens with zero attached hydrogens (tertiary/aromatic N) is 1. The van der Waals surface area contributed by atoms with Crippen LogP contribution in [-0.4, -0.2) is 36.7 Å². The lowest BCUT2D eigenvalue weighted by atomic mass is 9.98. The molecule has 37 heavy (non-hydrogen) atoms. The Morgan fingerprint density at radius 3 is 2.65 bits per heavy atom. The van der Waals surface area contributed by atoms with Crippen molar-refractivity contribution < 1.29 is 23.4 Å². The first-order valence-corrected chi connectivity index (χ1v) is 11.9. The maximum atomic E-state index is 12.9. The number of methoxy groups -OCH3 is 2. The van der Waals surface area contributed by atoms with Crippen LogP contribution in [0, 0.1) is 0 Å². The monoisotopic (exact) mass is 497 g/mol. The number of benzene rings is 3. The second-order valence-corrected chi connectivity index (χ2v) is 8.41. The predicted octanol–water partition coefficient (Wildman–Crippen LogP) is 6.43. The van der Waals surface area contributed by atoms with E-state index < -0.39 is 0 Å². The highest BCUT2D eigenvalue weighted by molar-refractivity contribution is 6.05. The van der Waals surface area contributed by atoms with Gasteiger partial charge in [-0.15, -0.1) is 0 Å².